The van der Waals surface area contributed by atoms with Gasteiger partial charge in [0.15, 0.2) is 0 Å². The number of hydrogen-bond donors (Lipinski definition) is 3. The number of ether oxygens (including phenoxy) is 1. The zero-order valence-electron chi connectivity index (χ0n) is 20.5. The summed E-state index contributed by atoms with van der Waals surface area (Å²) in [6, 6.07) is 18.2. The maximum Gasteiger partial charge on any atom is 0.293 e. The Labute approximate surface area is 216 Å². The first-order valence-electron chi connectivity index (χ1n) is 12.2. The van der Waals surface area contributed by atoms with Crippen molar-refractivity contribution in [3.05, 3.63) is 105 Å². The number of allylic oxidation sites excluding steroid dienone is 1. The molecular weight excluding hydrogens is 466 g/mol. The highest BCUT2D eigenvalue weighted by molar-refractivity contribution is 5.44. The van der Waals surface area contributed by atoms with E-state index in [1.54, 1.807) is 6.20 Å². The van der Waals surface area contributed by atoms with Gasteiger partial charge in [-0.3, -0.25) is 9.69 Å². The van der Waals surface area contributed by atoms with E-state index in [9.17, 15) is 9.90 Å². The van der Waals surface area contributed by atoms with Crippen molar-refractivity contribution in [2.24, 2.45) is 0 Å². The monoisotopic (exact) mass is 495 g/mol. The first kappa shape index (κ1) is 25.7. The standard InChI is InChI=1S/C29H29N5O3/c30-12-1-13-31-19-26(18-27-28(35)29(36)33-21-32-27)25-10-8-23(9-11-25)3-2-22-4-6-24(7-5-22)20-34-14-16-37-17-15-34/h1,4-11,13,21,26,31,35H,14-20H2,(H,32,33,36). The number of aromatic amines is 1. The first-order chi connectivity index (χ1) is 18.1. The zero-order chi connectivity index (χ0) is 25.9. The van der Waals surface area contributed by atoms with Crippen LogP contribution in [-0.2, 0) is 17.7 Å². The molecule has 4 rings (SSSR count). The van der Waals surface area contributed by atoms with Crippen LogP contribution in [0.2, 0.25) is 0 Å². The molecule has 0 saturated carbocycles. The fourth-order valence-electron chi connectivity index (χ4n) is 4.12. The lowest BCUT2D eigenvalue weighted by Gasteiger charge is -2.26. The van der Waals surface area contributed by atoms with Gasteiger partial charge in [0, 0.05) is 61.9 Å². The van der Waals surface area contributed by atoms with E-state index in [0.717, 1.165) is 49.5 Å². The Morgan fingerprint density at radius 2 is 1.78 bits per heavy atom. The number of aromatic nitrogens is 2. The lowest BCUT2D eigenvalue weighted by Crippen LogP contribution is -2.35. The molecule has 0 amide bonds. The van der Waals surface area contributed by atoms with Crippen molar-refractivity contribution < 1.29 is 9.84 Å². The van der Waals surface area contributed by atoms with Gasteiger partial charge < -0.3 is 20.1 Å². The highest BCUT2D eigenvalue weighted by Crippen LogP contribution is 2.23. The molecule has 1 unspecified atom stereocenters. The molecule has 1 fully saturated rings. The lowest BCUT2D eigenvalue weighted by molar-refractivity contribution is 0.0342. The molecule has 2 aromatic carbocycles. The molecule has 1 atom stereocenters. The van der Waals surface area contributed by atoms with Gasteiger partial charge in [-0.25, -0.2) is 4.98 Å². The van der Waals surface area contributed by atoms with Gasteiger partial charge in [0.25, 0.3) is 5.56 Å². The largest absolute Gasteiger partial charge is 0.502 e. The second kappa shape index (κ2) is 13.1. The Hall–Kier alpha value is -4.37. The summed E-state index contributed by atoms with van der Waals surface area (Å²) in [4.78, 5) is 20.7. The predicted molar refractivity (Wildman–Crippen MR) is 141 cm³/mol. The second-order valence-electron chi connectivity index (χ2n) is 8.76. The van der Waals surface area contributed by atoms with Gasteiger partial charge in [0.1, 0.15) is 0 Å². The van der Waals surface area contributed by atoms with Crippen LogP contribution in [0.25, 0.3) is 0 Å². The van der Waals surface area contributed by atoms with Crippen molar-refractivity contribution in [2.45, 2.75) is 18.9 Å². The minimum Gasteiger partial charge on any atom is -0.502 e. The number of hydrogen-bond acceptors (Lipinski definition) is 7. The Kier molecular flexibility index (Phi) is 9.09. The molecule has 2 heterocycles. The van der Waals surface area contributed by atoms with Gasteiger partial charge in [0.2, 0.25) is 5.75 Å². The maximum atomic E-state index is 11.8. The summed E-state index contributed by atoms with van der Waals surface area (Å²) in [5.41, 5.74) is 3.85. The topological polar surface area (TPSA) is 114 Å². The van der Waals surface area contributed by atoms with Gasteiger partial charge in [-0.05, 0) is 35.4 Å². The van der Waals surface area contributed by atoms with Gasteiger partial charge in [-0.15, -0.1) is 0 Å². The molecule has 37 heavy (non-hydrogen) atoms. The number of nitriles is 1. The molecular formula is C29H29N5O3. The highest BCUT2D eigenvalue weighted by atomic mass is 16.5. The third-order valence-corrected chi connectivity index (χ3v) is 6.18. The van der Waals surface area contributed by atoms with Crippen LogP contribution < -0.4 is 10.9 Å². The van der Waals surface area contributed by atoms with Crippen molar-refractivity contribution in [3.8, 4) is 23.7 Å². The van der Waals surface area contributed by atoms with E-state index in [0.29, 0.717) is 18.7 Å². The van der Waals surface area contributed by atoms with Crippen LogP contribution in [0.5, 0.6) is 5.75 Å². The molecule has 1 aliphatic heterocycles. The number of benzene rings is 2. The molecule has 3 aromatic rings. The summed E-state index contributed by atoms with van der Waals surface area (Å²) in [5.74, 6) is 5.97. The molecule has 3 N–H and O–H groups in total. The second-order valence-corrected chi connectivity index (χ2v) is 8.76. The average molecular weight is 496 g/mol. The molecule has 1 saturated heterocycles. The van der Waals surface area contributed by atoms with Crippen molar-refractivity contribution in [3.63, 3.8) is 0 Å². The van der Waals surface area contributed by atoms with E-state index in [4.69, 9.17) is 10.00 Å². The van der Waals surface area contributed by atoms with E-state index >= 15 is 0 Å². The molecule has 0 aliphatic carbocycles. The lowest BCUT2D eigenvalue weighted by atomic mass is 9.93. The van der Waals surface area contributed by atoms with Crippen molar-refractivity contribution in [1.82, 2.24) is 20.2 Å². The molecule has 0 radical (unpaired) electrons. The van der Waals surface area contributed by atoms with Crippen LogP contribution in [0.1, 0.15) is 33.9 Å². The van der Waals surface area contributed by atoms with Crippen LogP contribution in [0, 0.1) is 23.2 Å². The van der Waals surface area contributed by atoms with Crippen LogP contribution in [0.4, 0.5) is 0 Å². The number of rotatable bonds is 8. The van der Waals surface area contributed by atoms with Gasteiger partial charge >= 0.3 is 0 Å². The van der Waals surface area contributed by atoms with Gasteiger partial charge in [-0.2, -0.15) is 5.26 Å². The van der Waals surface area contributed by atoms with E-state index in [1.165, 1.54) is 18.0 Å². The SMILES string of the molecule is N#CC=CNCC(Cc1nc[nH]c(=O)c1O)c1ccc(C#Cc2ccc(CN3CCOCC3)cc2)cc1. The summed E-state index contributed by atoms with van der Waals surface area (Å²) in [6.45, 7) is 4.94. The van der Waals surface area contributed by atoms with Crippen molar-refractivity contribution >= 4 is 0 Å². The number of nitrogens with one attached hydrogen (secondary N) is 2. The molecule has 1 aromatic heterocycles. The zero-order valence-corrected chi connectivity index (χ0v) is 20.5. The van der Waals surface area contributed by atoms with Gasteiger partial charge in [0.05, 0.1) is 31.3 Å². The van der Waals surface area contributed by atoms with E-state index in [2.05, 4.69) is 56.3 Å². The molecule has 8 heteroatoms. The molecule has 1 aliphatic rings. The quantitative estimate of drug-likeness (QED) is 0.325. The Morgan fingerprint density at radius 3 is 2.46 bits per heavy atom. The van der Waals surface area contributed by atoms with E-state index in [1.807, 2.05) is 30.3 Å². The summed E-state index contributed by atoms with van der Waals surface area (Å²) in [6.07, 6.45) is 4.56. The molecule has 188 valence electrons. The highest BCUT2D eigenvalue weighted by Gasteiger charge is 2.17. The predicted octanol–water partition coefficient (Wildman–Crippen LogP) is 2.66. The van der Waals surface area contributed by atoms with Crippen molar-refractivity contribution in [2.75, 3.05) is 32.8 Å². The number of H-pyrrole nitrogens is 1. The summed E-state index contributed by atoms with van der Waals surface area (Å²) < 4.78 is 5.41. The normalized spacial score (nSPS) is 14.5. The first-order valence-corrected chi connectivity index (χ1v) is 12.2. The van der Waals surface area contributed by atoms with Crippen LogP contribution >= 0.6 is 0 Å². The summed E-state index contributed by atoms with van der Waals surface area (Å²) in [7, 11) is 0. The number of nitrogens with zero attached hydrogens (tertiary/aromatic N) is 3. The van der Waals surface area contributed by atoms with Crippen LogP contribution in [0.15, 0.2) is 71.9 Å². The van der Waals surface area contributed by atoms with Crippen molar-refractivity contribution in [1.29, 1.82) is 5.26 Å². The summed E-state index contributed by atoms with van der Waals surface area (Å²) in [5, 5.41) is 21.9. The maximum absolute atomic E-state index is 11.8. The fraction of sp³-hybridized carbons (Fsp3) is 0.276. The van der Waals surface area contributed by atoms with E-state index < -0.39 is 5.56 Å². The minimum atomic E-state index is -0.569. The Bertz CT molecular complexity index is 1360. The smallest absolute Gasteiger partial charge is 0.293 e. The Balaban J connectivity index is 1.43. The molecule has 8 nitrogen and oxygen atoms in total. The molecule has 0 bridgehead atoms. The van der Waals surface area contributed by atoms with E-state index in [-0.39, 0.29) is 11.7 Å². The number of aromatic hydroxyl groups is 1. The summed E-state index contributed by atoms with van der Waals surface area (Å²) >= 11 is 0. The number of morpholine rings is 1. The van der Waals surface area contributed by atoms with Crippen LogP contribution in [-0.4, -0.2) is 52.8 Å². The Morgan fingerprint density at radius 1 is 1.11 bits per heavy atom. The third-order valence-electron chi connectivity index (χ3n) is 6.18. The third kappa shape index (κ3) is 7.55. The average Bonchev–Trinajstić information content (AvgIpc) is 2.93. The van der Waals surface area contributed by atoms with Gasteiger partial charge in [-0.1, -0.05) is 36.1 Å². The van der Waals surface area contributed by atoms with Crippen LogP contribution in [0.3, 0.4) is 0 Å². The minimum absolute atomic E-state index is 0.0930. The molecule has 0 spiro atoms. The fourth-order valence-corrected chi connectivity index (χ4v) is 4.12.